The number of aromatic nitrogens is 1. The minimum Gasteiger partial charge on any atom is -0.497 e. The van der Waals surface area contributed by atoms with Crippen molar-refractivity contribution in [2.75, 3.05) is 32.5 Å². The van der Waals surface area contributed by atoms with Gasteiger partial charge in [0.1, 0.15) is 11.9 Å². The van der Waals surface area contributed by atoms with Crippen molar-refractivity contribution in [2.45, 2.75) is 62.8 Å². The summed E-state index contributed by atoms with van der Waals surface area (Å²) in [5.74, 6) is 1.47. The van der Waals surface area contributed by atoms with Gasteiger partial charge in [-0.25, -0.2) is 4.39 Å². The van der Waals surface area contributed by atoms with E-state index in [1.54, 1.807) is 19.4 Å². The first-order valence-electron chi connectivity index (χ1n) is 12.7. The Morgan fingerprint density at radius 3 is 2.88 bits per heavy atom. The molecule has 0 unspecified atom stereocenters. The van der Waals surface area contributed by atoms with E-state index in [-0.39, 0.29) is 18.3 Å². The number of aliphatic carboxylic acids is 1. The number of carboxylic acids is 1. The molecule has 2 fully saturated rings. The lowest BCUT2D eigenvalue weighted by Crippen LogP contribution is -2.42. The molecule has 0 spiro atoms. The minimum absolute atomic E-state index is 0.0898. The molecule has 2 aliphatic rings. The first-order valence-corrected chi connectivity index (χ1v) is 13.7. The minimum atomic E-state index is -1.11. The van der Waals surface area contributed by atoms with Gasteiger partial charge in [-0.05, 0) is 99.0 Å². The SMILES string of the molecule is COc1ccc2nccc([C@H](F)CC[C@@H]3CCN(CCCSC4CCC4)C[C@@H]3CC(=O)O)c2c1. The summed E-state index contributed by atoms with van der Waals surface area (Å²) in [6, 6.07) is 7.29. The van der Waals surface area contributed by atoms with Gasteiger partial charge in [0, 0.05) is 29.8 Å². The van der Waals surface area contributed by atoms with Gasteiger partial charge in [0.25, 0.3) is 0 Å². The van der Waals surface area contributed by atoms with Crippen molar-refractivity contribution < 1.29 is 19.0 Å². The molecule has 1 N–H and O–H groups in total. The number of hydrogen-bond donors (Lipinski definition) is 1. The lowest BCUT2D eigenvalue weighted by molar-refractivity contribution is -0.139. The number of carboxylic acid groups (broad SMARTS) is 1. The number of carbonyl (C=O) groups is 1. The van der Waals surface area contributed by atoms with Crippen LogP contribution in [0.5, 0.6) is 5.75 Å². The number of fused-ring (bicyclic) bond motifs is 1. The number of thioether (sulfide) groups is 1. The molecule has 0 radical (unpaired) electrons. The van der Waals surface area contributed by atoms with Crippen molar-refractivity contribution in [1.82, 2.24) is 9.88 Å². The third-order valence-corrected chi connectivity index (χ3v) is 9.01. The molecule has 7 heteroatoms. The van der Waals surface area contributed by atoms with Gasteiger partial charge in [-0.3, -0.25) is 9.78 Å². The number of nitrogens with zero attached hydrogens (tertiary/aromatic N) is 2. The number of rotatable bonds is 12. The normalized spacial score (nSPS) is 22.4. The highest BCUT2D eigenvalue weighted by atomic mass is 32.2. The molecule has 4 rings (SSSR count). The molecule has 3 atom stereocenters. The van der Waals surface area contributed by atoms with Crippen LogP contribution in [0.1, 0.15) is 63.1 Å². The van der Waals surface area contributed by atoms with Crippen molar-refractivity contribution in [2.24, 2.45) is 11.8 Å². The number of hydrogen-bond acceptors (Lipinski definition) is 5. The highest BCUT2D eigenvalue weighted by Crippen LogP contribution is 2.36. The fourth-order valence-corrected chi connectivity index (χ4v) is 6.63. The van der Waals surface area contributed by atoms with Gasteiger partial charge in [0.05, 0.1) is 12.6 Å². The van der Waals surface area contributed by atoms with Gasteiger partial charge in [-0.2, -0.15) is 11.8 Å². The second-order valence-corrected chi connectivity index (χ2v) is 11.2. The summed E-state index contributed by atoms with van der Waals surface area (Å²) in [4.78, 5) is 18.3. The summed E-state index contributed by atoms with van der Waals surface area (Å²) in [6.45, 7) is 2.84. The summed E-state index contributed by atoms with van der Waals surface area (Å²) in [7, 11) is 1.60. The van der Waals surface area contributed by atoms with Gasteiger partial charge < -0.3 is 14.7 Å². The molecule has 1 aromatic heterocycles. The number of methoxy groups -OCH3 is 1. The van der Waals surface area contributed by atoms with Gasteiger partial charge in [-0.15, -0.1) is 0 Å². The van der Waals surface area contributed by atoms with Gasteiger partial charge in [0.2, 0.25) is 0 Å². The molecule has 0 bridgehead atoms. The largest absolute Gasteiger partial charge is 0.497 e. The fourth-order valence-electron chi connectivity index (χ4n) is 5.33. The van der Waals surface area contributed by atoms with E-state index in [4.69, 9.17) is 4.74 Å². The average molecular weight is 489 g/mol. The molecule has 1 aromatic carbocycles. The molecular formula is C27H37FN2O3S. The van der Waals surface area contributed by atoms with Gasteiger partial charge in [0.15, 0.2) is 0 Å². The van der Waals surface area contributed by atoms with Crippen LogP contribution in [-0.2, 0) is 4.79 Å². The lowest BCUT2D eigenvalue weighted by atomic mass is 9.79. The molecule has 2 aromatic rings. The number of likely N-dealkylation sites (tertiary alicyclic amines) is 1. The van der Waals surface area contributed by atoms with E-state index in [2.05, 4.69) is 21.6 Å². The maximum absolute atomic E-state index is 15.4. The topological polar surface area (TPSA) is 62.7 Å². The lowest BCUT2D eigenvalue weighted by Gasteiger charge is -2.38. The highest BCUT2D eigenvalue weighted by molar-refractivity contribution is 7.99. The van der Waals surface area contributed by atoms with Crippen molar-refractivity contribution in [1.29, 1.82) is 0 Å². The van der Waals surface area contributed by atoms with Crippen LogP contribution in [-0.4, -0.2) is 58.7 Å². The molecule has 1 aliphatic heterocycles. The smallest absolute Gasteiger partial charge is 0.303 e. The zero-order valence-corrected chi connectivity index (χ0v) is 20.9. The molecule has 186 valence electrons. The van der Waals surface area contributed by atoms with E-state index in [0.717, 1.165) is 48.6 Å². The second kappa shape index (κ2) is 12.2. The van der Waals surface area contributed by atoms with Crippen LogP contribution in [0, 0.1) is 11.8 Å². The summed E-state index contributed by atoms with van der Waals surface area (Å²) in [5.41, 5.74) is 1.40. The monoisotopic (exact) mass is 488 g/mol. The predicted octanol–water partition coefficient (Wildman–Crippen LogP) is 6.12. The Hall–Kier alpha value is -1.86. The summed E-state index contributed by atoms with van der Waals surface area (Å²) in [5, 5.41) is 11.1. The quantitative estimate of drug-likeness (QED) is 0.363. The Kier molecular flexibility index (Phi) is 9.06. The van der Waals surface area contributed by atoms with Crippen LogP contribution in [0.4, 0.5) is 4.39 Å². The third kappa shape index (κ3) is 6.63. The van der Waals surface area contributed by atoms with Gasteiger partial charge >= 0.3 is 5.97 Å². The highest BCUT2D eigenvalue weighted by Gasteiger charge is 2.31. The van der Waals surface area contributed by atoms with Crippen molar-refractivity contribution in [3.05, 3.63) is 36.0 Å². The molecule has 1 saturated heterocycles. The van der Waals surface area contributed by atoms with Crippen LogP contribution in [0.2, 0.25) is 0 Å². The number of halogens is 1. The number of alkyl halides is 1. The maximum atomic E-state index is 15.4. The molecule has 2 heterocycles. The van der Waals surface area contributed by atoms with E-state index >= 15 is 4.39 Å². The first-order chi connectivity index (χ1) is 16.5. The molecule has 1 saturated carbocycles. The average Bonchev–Trinajstić information content (AvgIpc) is 2.81. The Morgan fingerprint density at radius 1 is 1.29 bits per heavy atom. The zero-order chi connectivity index (χ0) is 23.9. The molecule has 5 nitrogen and oxygen atoms in total. The Morgan fingerprint density at radius 2 is 2.15 bits per heavy atom. The summed E-state index contributed by atoms with van der Waals surface area (Å²) < 4.78 is 20.7. The van der Waals surface area contributed by atoms with E-state index < -0.39 is 12.1 Å². The van der Waals surface area contributed by atoms with E-state index in [9.17, 15) is 9.90 Å². The Balaban J connectivity index is 1.32. The van der Waals surface area contributed by atoms with Crippen LogP contribution >= 0.6 is 11.8 Å². The molecule has 1 aliphatic carbocycles. The number of benzene rings is 1. The number of pyridine rings is 1. The van der Waals surface area contributed by atoms with Crippen molar-refractivity contribution in [3.63, 3.8) is 0 Å². The summed E-state index contributed by atoms with van der Waals surface area (Å²) in [6.07, 6.45) is 8.06. The van der Waals surface area contributed by atoms with Crippen LogP contribution in [0.25, 0.3) is 10.9 Å². The van der Waals surface area contributed by atoms with Crippen LogP contribution in [0.15, 0.2) is 30.5 Å². The van der Waals surface area contributed by atoms with E-state index in [0.29, 0.717) is 24.2 Å². The zero-order valence-electron chi connectivity index (χ0n) is 20.1. The standard InChI is InChI=1S/C27H37FN2O3S/c1-33-21-7-9-26-24(17-21)23(10-12-29-26)25(28)8-6-19-11-14-30(18-20(19)16-27(31)32)13-3-15-34-22-4-2-5-22/h7,9-10,12,17,19-20,22,25H,2-6,8,11,13-16,18H2,1H3,(H,31,32)/t19-,20+,25-/m1/s1. The van der Waals surface area contributed by atoms with Crippen LogP contribution < -0.4 is 4.74 Å². The first kappa shape index (κ1) is 25.2. The predicted molar refractivity (Wildman–Crippen MR) is 136 cm³/mol. The molecular weight excluding hydrogens is 451 g/mol. The maximum Gasteiger partial charge on any atom is 0.303 e. The van der Waals surface area contributed by atoms with Crippen molar-refractivity contribution >= 4 is 28.6 Å². The van der Waals surface area contributed by atoms with E-state index in [1.807, 2.05) is 18.2 Å². The molecule has 34 heavy (non-hydrogen) atoms. The Bertz CT molecular complexity index is 955. The summed E-state index contributed by atoms with van der Waals surface area (Å²) >= 11 is 2.10. The number of ether oxygens (including phenoxy) is 1. The van der Waals surface area contributed by atoms with Crippen molar-refractivity contribution in [3.8, 4) is 5.75 Å². The van der Waals surface area contributed by atoms with Crippen LogP contribution in [0.3, 0.4) is 0 Å². The van der Waals surface area contributed by atoms with E-state index in [1.165, 1.54) is 25.0 Å². The molecule has 0 amide bonds. The van der Waals surface area contributed by atoms with Gasteiger partial charge in [-0.1, -0.05) is 6.42 Å². The Labute approximate surface area is 206 Å². The number of piperidine rings is 1. The third-order valence-electron chi connectivity index (χ3n) is 7.55. The second-order valence-electron chi connectivity index (χ2n) is 9.81. The fraction of sp³-hybridized carbons (Fsp3) is 0.630.